The number of ether oxygens (including phenoxy) is 1. The van der Waals surface area contributed by atoms with Crippen molar-refractivity contribution >= 4 is 17.3 Å². The van der Waals surface area contributed by atoms with Crippen LogP contribution in [0.25, 0.3) is 0 Å². The highest BCUT2D eigenvalue weighted by atomic mass is 32.1. The SMILES string of the molecule is CCNC(=NCc1nc(C)c(C)s1)NCC1Cc2ccccc2O1. The molecule has 0 amide bonds. The Balaban J connectivity index is 1.55. The summed E-state index contributed by atoms with van der Waals surface area (Å²) in [6, 6.07) is 8.23. The summed E-state index contributed by atoms with van der Waals surface area (Å²) in [5, 5.41) is 7.71. The van der Waals surface area contributed by atoms with Crippen molar-refractivity contribution in [3.05, 3.63) is 45.4 Å². The summed E-state index contributed by atoms with van der Waals surface area (Å²) in [6.45, 7) is 8.36. The van der Waals surface area contributed by atoms with Gasteiger partial charge in [0.15, 0.2) is 5.96 Å². The minimum Gasteiger partial charge on any atom is -0.488 e. The molecule has 0 radical (unpaired) electrons. The molecule has 6 heteroatoms. The maximum Gasteiger partial charge on any atom is 0.191 e. The van der Waals surface area contributed by atoms with E-state index >= 15 is 0 Å². The van der Waals surface area contributed by atoms with E-state index in [2.05, 4.69) is 46.6 Å². The van der Waals surface area contributed by atoms with Crippen LogP contribution in [0.5, 0.6) is 5.75 Å². The van der Waals surface area contributed by atoms with E-state index < -0.39 is 0 Å². The van der Waals surface area contributed by atoms with Gasteiger partial charge in [-0.1, -0.05) is 18.2 Å². The molecule has 1 aliphatic heterocycles. The molecule has 128 valence electrons. The Morgan fingerprint density at radius 2 is 2.17 bits per heavy atom. The fourth-order valence-electron chi connectivity index (χ4n) is 2.67. The molecule has 3 rings (SSSR count). The minimum absolute atomic E-state index is 0.149. The zero-order chi connectivity index (χ0) is 16.9. The Labute approximate surface area is 147 Å². The van der Waals surface area contributed by atoms with Crippen molar-refractivity contribution in [2.24, 2.45) is 4.99 Å². The number of hydrogen-bond donors (Lipinski definition) is 2. The minimum atomic E-state index is 0.149. The molecule has 0 fully saturated rings. The fraction of sp³-hybridized carbons (Fsp3) is 0.444. The van der Waals surface area contributed by atoms with Gasteiger partial charge < -0.3 is 15.4 Å². The number of para-hydroxylation sites is 1. The number of aryl methyl sites for hydroxylation is 2. The van der Waals surface area contributed by atoms with Crippen molar-refractivity contribution in [1.82, 2.24) is 15.6 Å². The van der Waals surface area contributed by atoms with Crippen molar-refractivity contribution in [1.29, 1.82) is 0 Å². The number of hydrogen-bond acceptors (Lipinski definition) is 4. The van der Waals surface area contributed by atoms with E-state index in [1.165, 1.54) is 10.4 Å². The van der Waals surface area contributed by atoms with Crippen LogP contribution in [0.15, 0.2) is 29.3 Å². The molecule has 2 N–H and O–H groups in total. The third-order valence-electron chi connectivity index (χ3n) is 4.00. The van der Waals surface area contributed by atoms with Crippen LogP contribution in [0.2, 0.25) is 0 Å². The van der Waals surface area contributed by atoms with Crippen LogP contribution in [-0.2, 0) is 13.0 Å². The first kappa shape index (κ1) is 16.8. The van der Waals surface area contributed by atoms with Crippen molar-refractivity contribution in [2.75, 3.05) is 13.1 Å². The van der Waals surface area contributed by atoms with E-state index in [-0.39, 0.29) is 6.10 Å². The molecule has 1 unspecified atom stereocenters. The second-order valence-corrected chi connectivity index (χ2v) is 7.16. The smallest absolute Gasteiger partial charge is 0.191 e. The van der Waals surface area contributed by atoms with E-state index in [4.69, 9.17) is 4.74 Å². The van der Waals surface area contributed by atoms with Crippen molar-refractivity contribution in [2.45, 2.75) is 39.8 Å². The molecular weight excluding hydrogens is 320 g/mol. The molecule has 0 saturated heterocycles. The topological polar surface area (TPSA) is 58.5 Å². The first-order valence-electron chi connectivity index (χ1n) is 8.35. The second-order valence-electron chi connectivity index (χ2n) is 5.88. The molecule has 1 aromatic carbocycles. The number of aliphatic imine (C=N–C) groups is 1. The average Bonchev–Trinajstić information content (AvgIpc) is 3.13. The van der Waals surface area contributed by atoms with Crippen LogP contribution in [0.1, 0.15) is 28.1 Å². The van der Waals surface area contributed by atoms with Gasteiger partial charge in [0.05, 0.1) is 18.8 Å². The van der Waals surface area contributed by atoms with Gasteiger partial charge in [0, 0.05) is 17.8 Å². The van der Waals surface area contributed by atoms with E-state index in [0.29, 0.717) is 6.54 Å². The maximum atomic E-state index is 5.96. The molecule has 2 aromatic rings. The highest BCUT2D eigenvalue weighted by Crippen LogP contribution is 2.27. The fourth-order valence-corrected chi connectivity index (χ4v) is 3.53. The molecular formula is C18H24N4OS. The van der Waals surface area contributed by atoms with E-state index in [1.54, 1.807) is 11.3 Å². The van der Waals surface area contributed by atoms with Gasteiger partial charge in [-0.25, -0.2) is 9.98 Å². The molecule has 1 aliphatic rings. The van der Waals surface area contributed by atoms with Gasteiger partial charge >= 0.3 is 0 Å². The van der Waals surface area contributed by atoms with Crippen LogP contribution >= 0.6 is 11.3 Å². The van der Waals surface area contributed by atoms with Crippen LogP contribution in [-0.4, -0.2) is 30.1 Å². The highest BCUT2D eigenvalue weighted by molar-refractivity contribution is 7.11. The number of aromatic nitrogens is 1. The third-order valence-corrected chi connectivity index (χ3v) is 5.06. The predicted octanol–water partition coefficient (Wildman–Crippen LogP) is 2.82. The first-order chi connectivity index (χ1) is 11.7. The van der Waals surface area contributed by atoms with Crippen LogP contribution in [0, 0.1) is 13.8 Å². The second kappa shape index (κ2) is 7.66. The molecule has 0 spiro atoms. The van der Waals surface area contributed by atoms with E-state index in [0.717, 1.165) is 41.9 Å². The summed E-state index contributed by atoms with van der Waals surface area (Å²) in [4.78, 5) is 10.4. The molecule has 0 aliphatic carbocycles. The summed E-state index contributed by atoms with van der Waals surface area (Å²) in [7, 11) is 0. The van der Waals surface area contributed by atoms with Crippen molar-refractivity contribution in [3.63, 3.8) is 0 Å². The number of guanidine groups is 1. The number of thiazole rings is 1. The first-order valence-corrected chi connectivity index (χ1v) is 9.17. The Bertz CT molecular complexity index is 681. The number of nitrogens with one attached hydrogen (secondary N) is 2. The van der Waals surface area contributed by atoms with E-state index in [9.17, 15) is 0 Å². The van der Waals surface area contributed by atoms with Crippen molar-refractivity contribution < 1.29 is 4.74 Å². The Morgan fingerprint density at radius 3 is 2.88 bits per heavy atom. The molecule has 5 nitrogen and oxygen atoms in total. The quantitative estimate of drug-likeness (QED) is 0.647. The number of rotatable bonds is 5. The highest BCUT2D eigenvalue weighted by Gasteiger charge is 2.22. The van der Waals surface area contributed by atoms with Crippen molar-refractivity contribution in [3.8, 4) is 5.75 Å². The lowest BCUT2D eigenvalue weighted by molar-refractivity contribution is 0.235. The molecule has 1 aromatic heterocycles. The molecule has 0 bridgehead atoms. The van der Waals surface area contributed by atoms with Crippen LogP contribution in [0.4, 0.5) is 0 Å². The van der Waals surface area contributed by atoms with Gasteiger partial charge in [-0.3, -0.25) is 0 Å². The lowest BCUT2D eigenvalue weighted by Crippen LogP contribution is -2.42. The summed E-state index contributed by atoms with van der Waals surface area (Å²) < 4.78 is 5.96. The van der Waals surface area contributed by atoms with Gasteiger partial charge in [-0.2, -0.15) is 0 Å². The van der Waals surface area contributed by atoms with Gasteiger partial charge in [0.25, 0.3) is 0 Å². The number of fused-ring (bicyclic) bond motifs is 1. The summed E-state index contributed by atoms with van der Waals surface area (Å²) in [5.74, 6) is 1.81. The largest absolute Gasteiger partial charge is 0.488 e. The molecule has 1 atom stereocenters. The number of benzene rings is 1. The van der Waals surface area contributed by atoms with Gasteiger partial charge in [0.1, 0.15) is 16.9 Å². The summed E-state index contributed by atoms with van der Waals surface area (Å²) >= 11 is 1.71. The van der Waals surface area contributed by atoms with Crippen LogP contribution in [0.3, 0.4) is 0 Å². The average molecular weight is 344 g/mol. The Hall–Kier alpha value is -2.08. The van der Waals surface area contributed by atoms with Gasteiger partial charge in [0.2, 0.25) is 0 Å². The van der Waals surface area contributed by atoms with Crippen LogP contribution < -0.4 is 15.4 Å². The zero-order valence-corrected chi connectivity index (χ0v) is 15.2. The number of nitrogens with zero attached hydrogens (tertiary/aromatic N) is 2. The maximum absolute atomic E-state index is 5.96. The molecule has 24 heavy (non-hydrogen) atoms. The molecule has 2 heterocycles. The lowest BCUT2D eigenvalue weighted by Gasteiger charge is -2.15. The molecule has 0 saturated carbocycles. The van der Waals surface area contributed by atoms with E-state index in [1.807, 2.05) is 19.1 Å². The third kappa shape index (κ3) is 4.06. The zero-order valence-electron chi connectivity index (χ0n) is 14.4. The summed E-state index contributed by atoms with van der Waals surface area (Å²) in [6.07, 6.45) is 1.09. The Morgan fingerprint density at radius 1 is 1.33 bits per heavy atom. The van der Waals surface area contributed by atoms with Gasteiger partial charge in [-0.15, -0.1) is 11.3 Å². The monoisotopic (exact) mass is 344 g/mol. The predicted molar refractivity (Wildman–Crippen MR) is 99.0 cm³/mol. The Kier molecular flexibility index (Phi) is 5.35. The lowest BCUT2D eigenvalue weighted by atomic mass is 10.1. The summed E-state index contributed by atoms with van der Waals surface area (Å²) in [5.41, 5.74) is 2.38. The normalized spacial score (nSPS) is 16.6. The standard InChI is InChI=1S/C18H24N4OS/c1-4-19-18(21-11-17-22-12(2)13(3)24-17)20-10-15-9-14-7-5-6-8-16(14)23-15/h5-8,15H,4,9-11H2,1-3H3,(H2,19,20,21). The van der Waals surface area contributed by atoms with Gasteiger partial charge in [-0.05, 0) is 32.4 Å².